The maximum atomic E-state index is 12.8. The Labute approximate surface area is 189 Å². The normalized spacial score (nSPS) is 18.6. The van der Waals surface area contributed by atoms with Crippen molar-refractivity contribution in [2.24, 2.45) is 5.92 Å². The van der Waals surface area contributed by atoms with Gasteiger partial charge in [0.15, 0.2) is 0 Å². The Morgan fingerprint density at radius 2 is 1.87 bits per heavy atom. The zero-order chi connectivity index (χ0) is 22.1. The van der Waals surface area contributed by atoms with E-state index in [-0.39, 0.29) is 30.7 Å². The number of anilines is 3. The van der Waals surface area contributed by atoms with Crippen LogP contribution in [0.4, 0.5) is 17.1 Å². The van der Waals surface area contributed by atoms with E-state index >= 15 is 0 Å². The van der Waals surface area contributed by atoms with Crippen LogP contribution < -0.4 is 19.9 Å². The summed E-state index contributed by atoms with van der Waals surface area (Å²) < 4.78 is 5.33. The molecule has 1 unspecified atom stereocenters. The molecule has 4 rings (SSSR count). The van der Waals surface area contributed by atoms with Gasteiger partial charge in [0.2, 0.25) is 17.7 Å². The number of hydrogen-bond donors (Lipinski definition) is 1. The third-order valence-electron chi connectivity index (χ3n) is 5.51. The van der Waals surface area contributed by atoms with Crippen molar-refractivity contribution in [1.82, 2.24) is 0 Å². The van der Waals surface area contributed by atoms with Crippen molar-refractivity contribution in [2.75, 3.05) is 35.3 Å². The second-order valence-corrected chi connectivity index (χ2v) is 8.37. The highest BCUT2D eigenvalue weighted by Gasteiger charge is 2.36. The number of halogens is 2. The van der Waals surface area contributed by atoms with Crippen molar-refractivity contribution in [2.45, 2.75) is 19.3 Å². The molecule has 3 amide bonds. The van der Waals surface area contributed by atoms with Crippen molar-refractivity contribution in [3.63, 3.8) is 0 Å². The van der Waals surface area contributed by atoms with Gasteiger partial charge in [-0.05, 0) is 42.8 Å². The highest BCUT2D eigenvalue weighted by atomic mass is 35.5. The molecule has 2 aromatic carbocycles. The van der Waals surface area contributed by atoms with Crippen LogP contribution in [-0.4, -0.2) is 37.9 Å². The molecule has 0 aromatic heterocycles. The summed E-state index contributed by atoms with van der Waals surface area (Å²) in [5, 5.41) is 3.69. The number of carbonyl (C=O) groups is 3. The highest BCUT2D eigenvalue weighted by molar-refractivity contribution is 6.34. The Balaban J connectivity index is 1.46. The summed E-state index contributed by atoms with van der Waals surface area (Å²) in [7, 11) is 1.51. The maximum Gasteiger partial charge on any atom is 0.229 e. The quantitative estimate of drug-likeness (QED) is 0.725. The fourth-order valence-corrected chi connectivity index (χ4v) is 4.39. The van der Waals surface area contributed by atoms with Crippen LogP contribution in [0.3, 0.4) is 0 Å². The number of amides is 3. The topological polar surface area (TPSA) is 79.0 Å². The van der Waals surface area contributed by atoms with E-state index in [1.807, 2.05) is 0 Å². The van der Waals surface area contributed by atoms with Gasteiger partial charge in [0.25, 0.3) is 0 Å². The van der Waals surface area contributed by atoms with Gasteiger partial charge in [-0.3, -0.25) is 14.4 Å². The van der Waals surface area contributed by atoms with E-state index in [0.717, 1.165) is 6.42 Å². The number of rotatable bonds is 5. The largest absolute Gasteiger partial charge is 0.495 e. The van der Waals surface area contributed by atoms with E-state index in [0.29, 0.717) is 45.8 Å². The summed E-state index contributed by atoms with van der Waals surface area (Å²) in [6.07, 6.45) is 1.39. The third kappa shape index (κ3) is 4.34. The molecule has 7 nitrogen and oxygen atoms in total. The number of ether oxygens (including phenoxy) is 1. The molecule has 0 spiro atoms. The SMILES string of the molecule is COc1ccc(Cl)cc1N1CC(C(=O)Nc2ccc(N3CCCC3=O)c(Cl)c2)CC1=O. The summed E-state index contributed by atoms with van der Waals surface area (Å²) in [6, 6.07) is 10.1. The monoisotopic (exact) mass is 461 g/mol. The molecule has 2 saturated heterocycles. The van der Waals surface area contributed by atoms with Gasteiger partial charge in [0.1, 0.15) is 5.75 Å². The first kappa shape index (κ1) is 21.5. The van der Waals surface area contributed by atoms with E-state index in [1.165, 1.54) is 12.0 Å². The van der Waals surface area contributed by atoms with Crippen LogP contribution in [0.5, 0.6) is 5.75 Å². The minimum Gasteiger partial charge on any atom is -0.495 e. The van der Waals surface area contributed by atoms with E-state index in [4.69, 9.17) is 27.9 Å². The van der Waals surface area contributed by atoms with Gasteiger partial charge in [0, 0.05) is 36.6 Å². The summed E-state index contributed by atoms with van der Waals surface area (Å²) in [5.41, 5.74) is 1.69. The van der Waals surface area contributed by atoms with Crippen LogP contribution in [0.25, 0.3) is 0 Å². The fraction of sp³-hybridized carbons (Fsp3) is 0.318. The summed E-state index contributed by atoms with van der Waals surface area (Å²) in [6.45, 7) is 0.854. The van der Waals surface area contributed by atoms with Crippen molar-refractivity contribution in [3.05, 3.63) is 46.4 Å². The van der Waals surface area contributed by atoms with Crippen LogP contribution in [0, 0.1) is 5.92 Å². The number of hydrogen-bond acceptors (Lipinski definition) is 4. The molecule has 2 aromatic rings. The van der Waals surface area contributed by atoms with Crippen LogP contribution in [0.1, 0.15) is 19.3 Å². The highest BCUT2D eigenvalue weighted by Crippen LogP contribution is 2.36. The van der Waals surface area contributed by atoms with Crippen molar-refractivity contribution < 1.29 is 19.1 Å². The van der Waals surface area contributed by atoms with Gasteiger partial charge in [-0.1, -0.05) is 23.2 Å². The molecule has 0 saturated carbocycles. The van der Waals surface area contributed by atoms with E-state index in [2.05, 4.69) is 5.32 Å². The van der Waals surface area contributed by atoms with E-state index < -0.39 is 5.92 Å². The first-order chi connectivity index (χ1) is 14.9. The van der Waals surface area contributed by atoms with Crippen molar-refractivity contribution in [1.29, 1.82) is 0 Å². The van der Waals surface area contributed by atoms with Gasteiger partial charge >= 0.3 is 0 Å². The molecule has 2 aliphatic rings. The van der Waals surface area contributed by atoms with Gasteiger partial charge in [-0.2, -0.15) is 0 Å². The molecule has 162 valence electrons. The minimum absolute atomic E-state index is 0.0414. The second-order valence-electron chi connectivity index (χ2n) is 7.53. The number of nitrogens with one attached hydrogen (secondary N) is 1. The number of benzene rings is 2. The van der Waals surface area contributed by atoms with Crippen LogP contribution in [-0.2, 0) is 14.4 Å². The molecule has 1 N–H and O–H groups in total. The summed E-state index contributed by atoms with van der Waals surface area (Å²) in [5.74, 6) is -0.438. The van der Waals surface area contributed by atoms with E-state index in [1.54, 1.807) is 41.3 Å². The molecule has 1 atom stereocenters. The summed E-state index contributed by atoms with van der Waals surface area (Å²) >= 11 is 12.4. The third-order valence-corrected chi connectivity index (χ3v) is 6.04. The molecule has 2 heterocycles. The Bertz CT molecular complexity index is 1060. The molecule has 31 heavy (non-hydrogen) atoms. The fourth-order valence-electron chi connectivity index (χ4n) is 3.94. The Morgan fingerprint density at radius 3 is 2.55 bits per heavy atom. The second kappa shape index (κ2) is 8.77. The van der Waals surface area contributed by atoms with E-state index in [9.17, 15) is 14.4 Å². The Kier molecular flexibility index (Phi) is 6.07. The first-order valence-electron chi connectivity index (χ1n) is 9.92. The number of methoxy groups -OCH3 is 1. The standard InChI is InChI=1S/C22H21Cl2N3O4/c1-31-19-7-4-14(23)10-18(19)27-12-13(9-21(27)29)22(30)25-15-5-6-17(16(24)11-15)26-8-2-3-20(26)28/h4-7,10-11,13H,2-3,8-9,12H2,1H3,(H,25,30). The molecule has 2 aliphatic heterocycles. The average molecular weight is 462 g/mol. The van der Waals surface area contributed by atoms with Crippen molar-refractivity contribution >= 4 is 58.0 Å². The lowest BCUT2D eigenvalue weighted by molar-refractivity contribution is -0.122. The molecule has 9 heteroatoms. The Hall–Kier alpha value is -2.77. The van der Waals surface area contributed by atoms with Crippen LogP contribution in [0.15, 0.2) is 36.4 Å². The average Bonchev–Trinajstić information content (AvgIpc) is 3.33. The zero-order valence-electron chi connectivity index (χ0n) is 16.9. The van der Waals surface area contributed by atoms with Crippen LogP contribution in [0.2, 0.25) is 10.0 Å². The first-order valence-corrected chi connectivity index (χ1v) is 10.7. The predicted molar refractivity (Wildman–Crippen MR) is 120 cm³/mol. The molecule has 0 bridgehead atoms. The number of nitrogens with zero attached hydrogens (tertiary/aromatic N) is 2. The molecule has 0 aliphatic carbocycles. The number of carbonyl (C=O) groups excluding carboxylic acids is 3. The smallest absolute Gasteiger partial charge is 0.229 e. The molecule has 0 radical (unpaired) electrons. The lowest BCUT2D eigenvalue weighted by Crippen LogP contribution is -2.28. The summed E-state index contributed by atoms with van der Waals surface area (Å²) in [4.78, 5) is 40.5. The van der Waals surface area contributed by atoms with Crippen LogP contribution >= 0.6 is 23.2 Å². The molecule has 2 fully saturated rings. The van der Waals surface area contributed by atoms with Crippen molar-refractivity contribution in [3.8, 4) is 5.75 Å². The zero-order valence-corrected chi connectivity index (χ0v) is 18.4. The Morgan fingerprint density at radius 1 is 1.06 bits per heavy atom. The van der Waals surface area contributed by atoms with Gasteiger partial charge in [-0.15, -0.1) is 0 Å². The molecular formula is C22H21Cl2N3O4. The minimum atomic E-state index is -0.533. The van der Waals surface area contributed by atoms with Gasteiger partial charge in [0.05, 0.1) is 29.4 Å². The molecular weight excluding hydrogens is 441 g/mol. The lowest BCUT2D eigenvalue weighted by atomic mass is 10.1. The maximum absolute atomic E-state index is 12.8. The predicted octanol–water partition coefficient (Wildman–Crippen LogP) is 4.12. The lowest BCUT2D eigenvalue weighted by Gasteiger charge is -2.20. The van der Waals surface area contributed by atoms with Gasteiger partial charge < -0.3 is 19.9 Å². The van der Waals surface area contributed by atoms with Gasteiger partial charge in [-0.25, -0.2) is 0 Å².